The van der Waals surface area contributed by atoms with E-state index in [0.717, 1.165) is 0 Å². The molecule has 0 spiro atoms. The summed E-state index contributed by atoms with van der Waals surface area (Å²) < 4.78 is 13.4. The third-order valence-corrected chi connectivity index (χ3v) is 1.78. The molecule has 11 heavy (non-hydrogen) atoms. The number of hydrogen-bond donors (Lipinski definition) is 1. The molecule has 0 atom stereocenters. The molecular weight excluding hydrogens is 213 g/mol. The van der Waals surface area contributed by atoms with Crippen LogP contribution in [-0.4, -0.2) is 7.11 Å². The number of hydrogen-bond acceptors (Lipinski definition) is 2. The van der Waals surface area contributed by atoms with Gasteiger partial charge in [-0.3, -0.25) is 10.3 Å². The van der Waals surface area contributed by atoms with Crippen LogP contribution in [0.25, 0.3) is 0 Å². The lowest BCUT2D eigenvalue weighted by atomic mass is 10.3. The molecule has 0 amide bonds. The van der Waals surface area contributed by atoms with E-state index in [1.807, 2.05) is 0 Å². The van der Waals surface area contributed by atoms with Crippen LogP contribution in [0.15, 0.2) is 22.7 Å². The van der Waals surface area contributed by atoms with E-state index in [0.29, 0.717) is 10.2 Å². The average Bonchev–Trinajstić information content (AvgIpc) is 1.99. The molecule has 0 aliphatic heterocycles. The van der Waals surface area contributed by atoms with Crippen molar-refractivity contribution >= 4 is 21.6 Å². The van der Waals surface area contributed by atoms with Crippen LogP contribution in [0.1, 0.15) is 0 Å². The van der Waals surface area contributed by atoms with Gasteiger partial charge in [0.25, 0.3) is 0 Å². The van der Waals surface area contributed by atoms with E-state index >= 15 is 0 Å². The molecule has 0 saturated heterocycles. The Kier molecular flexibility index (Phi) is 2.84. The quantitative estimate of drug-likeness (QED) is 0.773. The maximum absolute atomic E-state index is 13.0. The van der Waals surface area contributed by atoms with E-state index in [2.05, 4.69) is 26.2 Å². The number of nitrogens with one attached hydrogen (secondary N) is 1. The molecule has 0 bridgehead atoms. The predicted molar refractivity (Wildman–Crippen MR) is 44.7 cm³/mol. The van der Waals surface area contributed by atoms with Crippen LogP contribution >= 0.6 is 15.9 Å². The summed E-state index contributed by atoms with van der Waals surface area (Å²) in [5, 5.41) is 0. The van der Waals surface area contributed by atoms with E-state index in [1.54, 1.807) is 18.2 Å². The van der Waals surface area contributed by atoms with Crippen molar-refractivity contribution in [1.82, 2.24) is 0 Å². The van der Waals surface area contributed by atoms with Crippen LogP contribution in [0.4, 0.5) is 10.1 Å². The molecule has 0 fully saturated rings. The van der Waals surface area contributed by atoms with Crippen LogP contribution in [-0.2, 0) is 4.84 Å². The van der Waals surface area contributed by atoms with Gasteiger partial charge in [-0.1, -0.05) is 6.07 Å². The largest absolute Gasteiger partial charge is 0.279 e. The number of halogens is 2. The first-order chi connectivity index (χ1) is 5.25. The molecule has 2 nitrogen and oxygen atoms in total. The topological polar surface area (TPSA) is 21.3 Å². The maximum Gasteiger partial charge on any atom is 0.162 e. The van der Waals surface area contributed by atoms with E-state index in [9.17, 15) is 4.39 Å². The maximum atomic E-state index is 13.0. The molecule has 0 saturated carbocycles. The predicted octanol–water partition coefficient (Wildman–Crippen LogP) is 2.56. The first-order valence-electron chi connectivity index (χ1n) is 2.98. The van der Waals surface area contributed by atoms with E-state index < -0.39 is 0 Å². The molecule has 1 aromatic rings. The van der Waals surface area contributed by atoms with Gasteiger partial charge in [-0.25, -0.2) is 4.39 Å². The van der Waals surface area contributed by atoms with Crippen molar-refractivity contribution in [3.63, 3.8) is 0 Å². The standard InChI is InChI=1S/C7H7BrFNO/c1-11-10-6-4-2-3-5(8)7(6)9/h2-4,10H,1H3. The van der Waals surface area contributed by atoms with Gasteiger partial charge in [0.05, 0.1) is 17.3 Å². The Hall–Kier alpha value is -0.610. The molecule has 1 rings (SSSR count). The van der Waals surface area contributed by atoms with Crippen molar-refractivity contribution in [2.45, 2.75) is 0 Å². The van der Waals surface area contributed by atoms with Gasteiger partial charge >= 0.3 is 0 Å². The second kappa shape index (κ2) is 3.69. The fraction of sp³-hybridized carbons (Fsp3) is 0.143. The Morgan fingerprint density at radius 1 is 1.55 bits per heavy atom. The minimum atomic E-state index is -0.352. The molecular formula is C7H7BrFNO. The average molecular weight is 220 g/mol. The molecule has 1 N–H and O–H groups in total. The summed E-state index contributed by atoms with van der Waals surface area (Å²) in [5.41, 5.74) is 2.73. The van der Waals surface area contributed by atoms with Crippen LogP contribution in [0.3, 0.4) is 0 Å². The molecule has 4 heteroatoms. The van der Waals surface area contributed by atoms with Gasteiger partial charge in [-0.05, 0) is 28.1 Å². The molecule has 60 valence electrons. The van der Waals surface area contributed by atoms with Crippen molar-refractivity contribution in [3.05, 3.63) is 28.5 Å². The summed E-state index contributed by atoms with van der Waals surface area (Å²) in [4.78, 5) is 4.55. The lowest BCUT2D eigenvalue weighted by Gasteiger charge is -2.04. The normalized spacial score (nSPS) is 9.73. The van der Waals surface area contributed by atoms with Crippen molar-refractivity contribution in [2.24, 2.45) is 0 Å². The zero-order valence-corrected chi connectivity index (χ0v) is 7.48. The van der Waals surface area contributed by atoms with Gasteiger partial charge in [0.2, 0.25) is 0 Å². The van der Waals surface area contributed by atoms with E-state index in [4.69, 9.17) is 0 Å². The third kappa shape index (κ3) is 1.91. The zero-order chi connectivity index (χ0) is 8.27. The Labute approximate surface area is 72.4 Å². The van der Waals surface area contributed by atoms with Crippen LogP contribution < -0.4 is 5.48 Å². The van der Waals surface area contributed by atoms with Crippen molar-refractivity contribution in [2.75, 3.05) is 12.6 Å². The molecule has 0 aromatic heterocycles. The van der Waals surface area contributed by atoms with Crippen molar-refractivity contribution < 1.29 is 9.23 Å². The molecule has 1 aromatic carbocycles. The van der Waals surface area contributed by atoms with Gasteiger partial charge < -0.3 is 0 Å². The van der Waals surface area contributed by atoms with Crippen molar-refractivity contribution in [3.8, 4) is 0 Å². The highest BCUT2D eigenvalue weighted by atomic mass is 79.9. The summed E-state index contributed by atoms with van der Waals surface area (Å²) in [7, 11) is 1.43. The fourth-order valence-corrected chi connectivity index (χ4v) is 1.06. The van der Waals surface area contributed by atoms with E-state index in [1.165, 1.54) is 7.11 Å². The molecule has 0 unspecified atom stereocenters. The van der Waals surface area contributed by atoms with Gasteiger partial charge in [-0.2, -0.15) is 0 Å². The Morgan fingerprint density at radius 2 is 2.27 bits per heavy atom. The first kappa shape index (κ1) is 8.49. The number of benzene rings is 1. The lowest BCUT2D eigenvalue weighted by molar-refractivity contribution is 0.268. The smallest absolute Gasteiger partial charge is 0.162 e. The first-order valence-corrected chi connectivity index (χ1v) is 3.78. The summed E-state index contributed by atoms with van der Waals surface area (Å²) >= 11 is 3.05. The molecule has 0 aliphatic rings. The Morgan fingerprint density at radius 3 is 2.91 bits per heavy atom. The lowest BCUT2D eigenvalue weighted by Crippen LogP contribution is -1.98. The Bertz CT molecular complexity index is 254. The number of anilines is 1. The number of rotatable bonds is 2. The van der Waals surface area contributed by atoms with Gasteiger partial charge in [0, 0.05) is 0 Å². The van der Waals surface area contributed by atoms with Crippen LogP contribution in [0.5, 0.6) is 0 Å². The minimum absolute atomic E-state index is 0.321. The fourth-order valence-electron chi connectivity index (χ4n) is 0.693. The second-order valence-electron chi connectivity index (χ2n) is 1.91. The second-order valence-corrected chi connectivity index (χ2v) is 2.76. The highest BCUT2D eigenvalue weighted by molar-refractivity contribution is 9.10. The molecule has 0 heterocycles. The van der Waals surface area contributed by atoms with Crippen LogP contribution in [0.2, 0.25) is 0 Å². The zero-order valence-electron chi connectivity index (χ0n) is 5.90. The molecule has 0 radical (unpaired) electrons. The highest BCUT2D eigenvalue weighted by Gasteiger charge is 2.03. The van der Waals surface area contributed by atoms with Crippen molar-refractivity contribution in [1.29, 1.82) is 0 Å². The van der Waals surface area contributed by atoms with Gasteiger partial charge in [0.1, 0.15) is 0 Å². The SMILES string of the molecule is CONc1cccc(Br)c1F. The van der Waals surface area contributed by atoms with Gasteiger partial charge in [-0.15, -0.1) is 0 Å². The highest BCUT2D eigenvalue weighted by Crippen LogP contribution is 2.21. The van der Waals surface area contributed by atoms with E-state index in [-0.39, 0.29) is 5.82 Å². The molecule has 0 aliphatic carbocycles. The van der Waals surface area contributed by atoms with Gasteiger partial charge in [0.15, 0.2) is 5.82 Å². The summed E-state index contributed by atoms with van der Waals surface area (Å²) in [5.74, 6) is -0.352. The summed E-state index contributed by atoms with van der Waals surface area (Å²) in [6.07, 6.45) is 0. The summed E-state index contributed by atoms with van der Waals surface area (Å²) in [6.45, 7) is 0. The Balaban J connectivity index is 2.96. The minimum Gasteiger partial charge on any atom is -0.279 e. The van der Waals surface area contributed by atoms with Crippen LogP contribution in [0, 0.1) is 5.82 Å². The monoisotopic (exact) mass is 219 g/mol. The third-order valence-electron chi connectivity index (χ3n) is 1.16. The summed E-state index contributed by atoms with van der Waals surface area (Å²) in [6, 6.07) is 4.92.